The Balaban J connectivity index is 0.00000128. The standard InChI is InChI=1S/C12H16N2O.ClH/c1-9-8-13(2)10-6-4-5-7-11(10)14(3)12(9)15;/h4-7,9H,8H2,1-3H3;1H. The lowest BCUT2D eigenvalue weighted by Crippen LogP contribution is -2.33. The fourth-order valence-corrected chi connectivity index (χ4v) is 2.11. The van der Waals surface area contributed by atoms with Crippen LogP contribution in [0, 0.1) is 5.92 Å². The molecule has 16 heavy (non-hydrogen) atoms. The highest BCUT2D eigenvalue weighted by Crippen LogP contribution is 2.31. The van der Waals surface area contributed by atoms with Crippen LogP contribution in [0.1, 0.15) is 6.92 Å². The summed E-state index contributed by atoms with van der Waals surface area (Å²) in [6.07, 6.45) is 0. The molecule has 4 heteroatoms. The first-order valence-corrected chi connectivity index (χ1v) is 5.19. The number of carbonyl (C=O) groups excluding carboxylic acids is 1. The first-order chi connectivity index (χ1) is 7.11. The summed E-state index contributed by atoms with van der Waals surface area (Å²) in [6, 6.07) is 8.01. The lowest BCUT2D eigenvalue weighted by Gasteiger charge is -2.20. The molecule has 0 radical (unpaired) electrons. The van der Waals surface area contributed by atoms with E-state index in [1.165, 1.54) is 0 Å². The van der Waals surface area contributed by atoms with Crippen LogP contribution in [-0.2, 0) is 4.79 Å². The highest BCUT2D eigenvalue weighted by atomic mass is 35.5. The van der Waals surface area contributed by atoms with Gasteiger partial charge in [-0.25, -0.2) is 0 Å². The van der Waals surface area contributed by atoms with Gasteiger partial charge in [-0.15, -0.1) is 12.4 Å². The number of rotatable bonds is 0. The molecule has 1 amide bonds. The summed E-state index contributed by atoms with van der Waals surface area (Å²) >= 11 is 0. The average Bonchev–Trinajstić information content (AvgIpc) is 2.33. The van der Waals surface area contributed by atoms with Gasteiger partial charge >= 0.3 is 0 Å². The minimum absolute atomic E-state index is 0. The molecule has 1 aromatic carbocycles. The Hall–Kier alpha value is -1.22. The molecule has 0 aliphatic carbocycles. The number of hydrogen-bond acceptors (Lipinski definition) is 2. The predicted octanol–water partition coefficient (Wildman–Crippen LogP) is 2.16. The van der Waals surface area contributed by atoms with E-state index in [9.17, 15) is 4.79 Å². The van der Waals surface area contributed by atoms with Crippen molar-refractivity contribution in [1.82, 2.24) is 0 Å². The van der Waals surface area contributed by atoms with Gasteiger partial charge in [0.2, 0.25) is 5.91 Å². The van der Waals surface area contributed by atoms with Gasteiger partial charge in [-0.1, -0.05) is 19.1 Å². The summed E-state index contributed by atoms with van der Waals surface area (Å²) in [7, 11) is 3.87. The third-order valence-corrected chi connectivity index (χ3v) is 2.95. The van der Waals surface area contributed by atoms with E-state index in [-0.39, 0.29) is 24.2 Å². The molecule has 0 bridgehead atoms. The molecule has 88 valence electrons. The molecule has 1 heterocycles. The normalized spacial score (nSPS) is 19.9. The Morgan fingerprint density at radius 1 is 1.19 bits per heavy atom. The number of anilines is 2. The summed E-state index contributed by atoms with van der Waals surface area (Å²) in [5.74, 6) is 0.235. The van der Waals surface area contributed by atoms with Crippen LogP contribution in [0.4, 0.5) is 11.4 Å². The average molecular weight is 241 g/mol. The van der Waals surface area contributed by atoms with Crippen molar-refractivity contribution in [3.8, 4) is 0 Å². The van der Waals surface area contributed by atoms with Gasteiger partial charge in [0.25, 0.3) is 0 Å². The minimum Gasteiger partial charge on any atom is -0.372 e. The molecule has 1 atom stereocenters. The van der Waals surface area contributed by atoms with Crippen molar-refractivity contribution in [2.75, 3.05) is 30.4 Å². The van der Waals surface area contributed by atoms with E-state index in [2.05, 4.69) is 11.0 Å². The Morgan fingerprint density at radius 2 is 1.75 bits per heavy atom. The number of halogens is 1. The highest BCUT2D eigenvalue weighted by molar-refractivity contribution is 5.99. The van der Waals surface area contributed by atoms with Crippen LogP contribution in [0.15, 0.2) is 24.3 Å². The van der Waals surface area contributed by atoms with Crippen molar-refractivity contribution in [1.29, 1.82) is 0 Å². The van der Waals surface area contributed by atoms with Crippen LogP contribution in [0.3, 0.4) is 0 Å². The van der Waals surface area contributed by atoms with E-state index in [1.807, 2.05) is 39.2 Å². The van der Waals surface area contributed by atoms with Crippen LogP contribution in [0.2, 0.25) is 0 Å². The minimum atomic E-state index is 0. The van der Waals surface area contributed by atoms with Gasteiger partial charge in [-0.2, -0.15) is 0 Å². The van der Waals surface area contributed by atoms with E-state index in [4.69, 9.17) is 0 Å². The lowest BCUT2D eigenvalue weighted by atomic mass is 10.1. The Kier molecular flexibility index (Phi) is 3.81. The number of carbonyl (C=O) groups is 1. The number of benzene rings is 1. The number of para-hydroxylation sites is 2. The van der Waals surface area contributed by atoms with Crippen LogP contribution in [0.25, 0.3) is 0 Å². The van der Waals surface area contributed by atoms with Crippen molar-refractivity contribution < 1.29 is 4.79 Å². The van der Waals surface area contributed by atoms with E-state index in [0.29, 0.717) is 0 Å². The van der Waals surface area contributed by atoms with Gasteiger partial charge in [0.1, 0.15) is 0 Å². The second-order valence-corrected chi connectivity index (χ2v) is 4.17. The topological polar surface area (TPSA) is 23.6 Å². The molecule has 2 rings (SSSR count). The Bertz CT molecular complexity index is 394. The summed E-state index contributed by atoms with van der Waals surface area (Å²) in [5, 5.41) is 0. The van der Waals surface area contributed by atoms with Crippen LogP contribution >= 0.6 is 12.4 Å². The van der Waals surface area contributed by atoms with Crippen LogP contribution in [-0.4, -0.2) is 26.5 Å². The summed E-state index contributed by atoms with van der Waals surface area (Å²) in [4.78, 5) is 15.8. The molecule has 1 unspecified atom stereocenters. The number of nitrogens with zero attached hydrogens (tertiary/aromatic N) is 2. The second-order valence-electron chi connectivity index (χ2n) is 4.17. The molecule has 0 fully saturated rings. The molecule has 0 saturated carbocycles. The Labute approximate surface area is 102 Å². The summed E-state index contributed by atoms with van der Waals surface area (Å²) < 4.78 is 0. The van der Waals surface area contributed by atoms with Crippen molar-refractivity contribution in [2.24, 2.45) is 5.92 Å². The monoisotopic (exact) mass is 240 g/mol. The molecular formula is C12H17ClN2O. The van der Waals surface area contributed by atoms with Gasteiger partial charge in [0, 0.05) is 20.6 Å². The van der Waals surface area contributed by atoms with Crippen LogP contribution < -0.4 is 9.80 Å². The molecule has 1 aliphatic heterocycles. The van der Waals surface area contributed by atoms with Gasteiger partial charge in [0.15, 0.2) is 0 Å². The third kappa shape index (κ3) is 2.00. The largest absolute Gasteiger partial charge is 0.372 e. The number of fused-ring (bicyclic) bond motifs is 1. The fraction of sp³-hybridized carbons (Fsp3) is 0.417. The van der Waals surface area contributed by atoms with Gasteiger partial charge in [-0.3, -0.25) is 4.79 Å². The van der Waals surface area contributed by atoms with Gasteiger partial charge in [0.05, 0.1) is 17.3 Å². The zero-order valence-electron chi connectivity index (χ0n) is 9.80. The zero-order valence-corrected chi connectivity index (χ0v) is 10.6. The zero-order chi connectivity index (χ0) is 11.0. The van der Waals surface area contributed by atoms with E-state index in [1.54, 1.807) is 4.90 Å². The maximum Gasteiger partial charge on any atom is 0.231 e. The molecular weight excluding hydrogens is 224 g/mol. The SMILES string of the molecule is CC1CN(C)c2ccccc2N(C)C1=O.Cl. The lowest BCUT2D eigenvalue weighted by molar-refractivity contribution is -0.121. The van der Waals surface area contributed by atoms with E-state index >= 15 is 0 Å². The van der Waals surface area contributed by atoms with Crippen molar-refractivity contribution in [3.05, 3.63) is 24.3 Å². The number of amides is 1. The number of hydrogen-bond donors (Lipinski definition) is 0. The quantitative estimate of drug-likeness (QED) is 0.694. The van der Waals surface area contributed by atoms with Crippen molar-refractivity contribution >= 4 is 29.7 Å². The second kappa shape index (κ2) is 4.74. The summed E-state index contributed by atoms with van der Waals surface area (Å²) in [6.45, 7) is 2.75. The van der Waals surface area contributed by atoms with E-state index in [0.717, 1.165) is 17.9 Å². The molecule has 0 N–H and O–H groups in total. The first-order valence-electron chi connectivity index (χ1n) is 5.19. The van der Waals surface area contributed by atoms with Crippen molar-refractivity contribution in [3.63, 3.8) is 0 Å². The maximum atomic E-state index is 12.0. The summed E-state index contributed by atoms with van der Waals surface area (Å²) in [5.41, 5.74) is 2.12. The van der Waals surface area contributed by atoms with E-state index < -0.39 is 0 Å². The Morgan fingerprint density at radius 3 is 2.38 bits per heavy atom. The van der Waals surface area contributed by atoms with Crippen LogP contribution in [0.5, 0.6) is 0 Å². The molecule has 1 aliphatic rings. The maximum absolute atomic E-state index is 12.0. The smallest absolute Gasteiger partial charge is 0.231 e. The van der Waals surface area contributed by atoms with Gasteiger partial charge in [-0.05, 0) is 12.1 Å². The fourth-order valence-electron chi connectivity index (χ4n) is 2.11. The predicted molar refractivity (Wildman–Crippen MR) is 69.5 cm³/mol. The highest BCUT2D eigenvalue weighted by Gasteiger charge is 2.26. The molecule has 1 aromatic rings. The molecule has 0 saturated heterocycles. The van der Waals surface area contributed by atoms with Gasteiger partial charge < -0.3 is 9.80 Å². The molecule has 3 nitrogen and oxygen atoms in total. The third-order valence-electron chi connectivity index (χ3n) is 2.95. The first kappa shape index (κ1) is 12.8. The van der Waals surface area contributed by atoms with Crippen molar-refractivity contribution in [2.45, 2.75) is 6.92 Å². The molecule has 0 aromatic heterocycles. The molecule has 0 spiro atoms.